The van der Waals surface area contributed by atoms with Crippen LogP contribution in [0.4, 0.5) is 14.9 Å². The highest BCUT2D eigenvalue weighted by Gasteiger charge is 2.49. The van der Waals surface area contributed by atoms with E-state index >= 15 is 0 Å². The van der Waals surface area contributed by atoms with E-state index in [0.717, 1.165) is 21.9 Å². The van der Waals surface area contributed by atoms with E-state index in [-0.39, 0.29) is 12.5 Å². The van der Waals surface area contributed by atoms with E-state index in [1.807, 2.05) is 24.3 Å². The molecule has 2 aromatic rings. The Morgan fingerprint density at radius 1 is 1.20 bits per heavy atom. The number of anilines is 1. The molecule has 2 aliphatic rings. The van der Waals surface area contributed by atoms with Gasteiger partial charge >= 0.3 is 6.03 Å². The van der Waals surface area contributed by atoms with Gasteiger partial charge in [-0.05, 0) is 43.2 Å². The highest BCUT2D eigenvalue weighted by Crippen LogP contribution is 2.37. The van der Waals surface area contributed by atoms with Crippen LogP contribution < -0.4 is 10.2 Å². The van der Waals surface area contributed by atoms with E-state index in [4.69, 9.17) is 0 Å². The molecule has 2 atom stereocenters. The van der Waals surface area contributed by atoms with Crippen molar-refractivity contribution in [2.75, 3.05) is 18.0 Å². The maximum Gasteiger partial charge on any atom is 0.325 e. The molecule has 8 heteroatoms. The third-order valence-corrected chi connectivity index (χ3v) is 6.77. The zero-order chi connectivity index (χ0) is 21.5. The maximum atomic E-state index is 13.3. The number of hydrogen-bond acceptors (Lipinski definition) is 4. The Labute approximate surface area is 178 Å². The van der Waals surface area contributed by atoms with Crippen LogP contribution in [0.3, 0.4) is 0 Å². The predicted octanol–water partition coefficient (Wildman–Crippen LogP) is 3.51. The van der Waals surface area contributed by atoms with Gasteiger partial charge in [0.2, 0.25) is 5.91 Å². The number of amides is 4. The number of para-hydroxylation sites is 1. The smallest absolute Gasteiger partial charge is 0.319 e. The van der Waals surface area contributed by atoms with Gasteiger partial charge in [0, 0.05) is 16.7 Å². The Morgan fingerprint density at radius 2 is 1.90 bits per heavy atom. The second kappa shape index (κ2) is 7.75. The quantitative estimate of drug-likeness (QED) is 0.761. The van der Waals surface area contributed by atoms with Gasteiger partial charge in [0.25, 0.3) is 5.91 Å². The van der Waals surface area contributed by atoms with Gasteiger partial charge in [-0.15, -0.1) is 11.8 Å². The Hall–Kier alpha value is -2.87. The fourth-order valence-corrected chi connectivity index (χ4v) is 4.90. The van der Waals surface area contributed by atoms with Crippen LogP contribution in [-0.2, 0) is 15.1 Å². The molecule has 2 aromatic carbocycles. The first-order chi connectivity index (χ1) is 14.3. The Morgan fingerprint density at radius 3 is 2.63 bits per heavy atom. The van der Waals surface area contributed by atoms with Crippen molar-refractivity contribution < 1.29 is 18.8 Å². The average molecular weight is 428 g/mol. The number of benzene rings is 2. The first kappa shape index (κ1) is 20.4. The van der Waals surface area contributed by atoms with Gasteiger partial charge in [-0.2, -0.15) is 0 Å². The van der Waals surface area contributed by atoms with E-state index in [1.165, 1.54) is 24.3 Å². The first-order valence-corrected chi connectivity index (χ1v) is 10.6. The minimum Gasteiger partial charge on any atom is -0.319 e. The summed E-state index contributed by atoms with van der Waals surface area (Å²) in [7, 11) is 0. The Kier molecular flexibility index (Phi) is 5.27. The molecule has 2 heterocycles. The summed E-state index contributed by atoms with van der Waals surface area (Å²) in [6, 6.07) is 12.4. The molecule has 30 heavy (non-hydrogen) atoms. The number of carbonyl (C=O) groups is 3. The lowest BCUT2D eigenvalue weighted by Gasteiger charge is -2.25. The van der Waals surface area contributed by atoms with Crippen molar-refractivity contribution >= 4 is 35.3 Å². The number of carbonyl (C=O) groups excluding carboxylic acids is 3. The second-order valence-corrected chi connectivity index (χ2v) is 9.16. The molecule has 0 aliphatic carbocycles. The zero-order valence-corrected chi connectivity index (χ0v) is 17.5. The molecule has 2 aliphatic heterocycles. The van der Waals surface area contributed by atoms with Crippen LogP contribution in [-0.4, -0.2) is 41.1 Å². The van der Waals surface area contributed by atoms with Crippen LogP contribution in [0.2, 0.25) is 0 Å². The molecule has 1 N–H and O–H groups in total. The lowest BCUT2D eigenvalue weighted by atomic mass is 9.92. The Balaban J connectivity index is 1.57. The molecule has 1 saturated heterocycles. The second-order valence-electron chi connectivity index (χ2n) is 7.68. The number of imide groups is 1. The van der Waals surface area contributed by atoms with Gasteiger partial charge < -0.3 is 10.2 Å². The lowest BCUT2D eigenvalue weighted by molar-refractivity contribution is -0.134. The van der Waals surface area contributed by atoms with E-state index in [2.05, 4.69) is 12.2 Å². The Bertz CT molecular complexity index is 1010. The molecule has 0 saturated carbocycles. The molecule has 6 nitrogen and oxygen atoms in total. The number of halogens is 1. The van der Waals surface area contributed by atoms with Crippen LogP contribution in [0.1, 0.15) is 25.8 Å². The van der Waals surface area contributed by atoms with Crippen molar-refractivity contribution in [3.05, 3.63) is 59.9 Å². The normalized spacial score (nSPS) is 23.8. The van der Waals surface area contributed by atoms with Gasteiger partial charge in [0.1, 0.15) is 17.9 Å². The van der Waals surface area contributed by atoms with Crippen LogP contribution in [0, 0.1) is 5.82 Å². The molecule has 1 fully saturated rings. The molecular formula is C22H22FN3O3S. The van der Waals surface area contributed by atoms with Crippen LogP contribution in [0.25, 0.3) is 0 Å². The summed E-state index contributed by atoms with van der Waals surface area (Å²) in [5.41, 5.74) is -0.0840. The summed E-state index contributed by atoms with van der Waals surface area (Å²) >= 11 is 1.71. The van der Waals surface area contributed by atoms with Gasteiger partial charge in [-0.25, -0.2) is 9.18 Å². The maximum absolute atomic E-state index is 13.3. The fraction of sp³-hybridized carbons (Fsp3) is 0.318. The number of nitrogens with zero attached hydrogens (tertiary/aromatic N) is 2. The SMILES string of the molecule is C[C@@H]1CCN(C(=O)CN2C(=O)N[C@@](C)(c3ccc(F)cc3)C2=O)c2ccccc2S1. The van der Waals surface area contributed by atoms with Crippen molar-refractivity contribution in [2.24, 2.45) is 0 Å². The summed E-state index contributed by atoms with van der Waals surface area (Å²) in [6.45, 7) is 3.84. The van der Waals surface area contributed by atoms with Crippen LogP contribution in [0.15, 0.2) is 53.4 Å². The average Bonchev–Trinajstić information content (AvgIpc) is 2.85. The van der Waals surface area contributed by atoms with Crippen molar-refractivity contribution in [3.8, 4) is 0 Å². The molecule has 0 bridgehead atoms. The third kappa shape index (κ3) is 3.56. The number of hydrogen-bond donors (Lipinski definition) is 1. The van der Waals surface area contributed by atoms with Gasteiger partial charge in [-0.1, -0.05) is 31.2 Å². The van der Waals surface area contributed by atoms with Gasteiger partial charge in [-0.3, -0.25) is 14.5 Å². The highest BCUT2D eigenvalue weighted by atomic mass is 32.2. The van der Waals surface area contributed by atoms with Crippen molar-refractivity contribution in [1.29, 1.82) is 0 Å². The van der Waals surface area contributed by atoms with Crippen molar-refractivity contribution in [2.45, 2.75) is 36.0 Å². The molecule has 4 rings (SSSR count). The van der Waals surface area contributed by atoms with Crippen LogP contribution >= 0.6 is 11.8 Å². The zero-order valence-electron chi connectivity index (χ0n) is 16.7. The molecule has 156 valence electrons. The van der Waals surface area contributed by atoms with Gasteiger partial charge in [0.15, 0.2) is 0 Å². The third-order valence-electron chi connectivity index (χ3n) is 5.53. The molecular weight excluding hydrogens is 405 g/mol. The largest absolute Gasteiger partial charge is 0.325 e. The summed E-state index contributed by atoms with van der Waals surface area (Å²) in [6.07, 6.45) is 0.804. The van der Waals surface area contributed by atoms with E-state index < -0.39 is 23.3 Å². The monoisotopic (exact) mass is 427 g/mol. The van der Waals surface area contributed by atoms with Crippen molar-refractivity contribution in [3.63, 3.8) is 0 Å². The summed E-state index contributed by atoms with van der Waals surface area (Å²) in [5, 5.41) is 3.00. The topological polar surface area (TPSA) is 69.7 Å². The van der Waals surface area contributed by atoms with E-state index in [0.29, 0.717) is 17.4 Å². The number of nitrogens with one attached hydrogen (secondary N) is 1. The number of rotatable bonds is 3. The minimum atomic E-state index is -1.34. The molecule has 0 aromatic heterocycles. The summed E-state index contributed by atoms with van der Waals surface area (Å²) < 4.78 is 13.3. The molecule has 4 amide bonds. The summed E-state index contributed by atoms with van der Waals surface area (Å²) in [4.78, 5) is 42.4. The van der Waals surface area contributed by atoms with E-state index in [9.17, 15) is 18.8 Å². The highest BCUT2D eigenvalue weighted by molar-refractivity contribution is 8.00. The van der Waals surface area contributed by atoms with Gasteiger partial charge in [0.05, 0.1) is 5.69 Å². The number of thioether (sulfide) groups is 1. The fourth-order valence-electron chi connectivity index (χ4n) is 3.79. The van der Waals surface area contributed by atoms with E-state index in [1.54, 1.807) is 23.6 Å². The molecule has 0 radical (unpaired) electrons. The standard InChI is InChI=1S/C22H22FN3O3S/c1-14-11-12-25(17-5-3-4-6-18(17)30-14)19(27)13-26-20(28)22(2,24-21(26)29)15-7-9-16(23)10-8-15/h3-10,14H,11-13H2,1-2H3,(H,24,29)/t14-,22+/m1/s1. The molecule has 0 unspecified atom stereocenters. The molecule has 0 spiro atoms. The predicted molar refractivity (Wildman–Crippen MR) is 113 cm³/mol. The minimum absolute atomic E-state index is 0.316. The number of urea groups is 1. The van der Waals surface area contributed by atoms with Crippen LogP contribution in [0.5, 0.6) is 0 Å². The first-order valence-electron chi connectivity index (χ1n) is 9.76. The summed E-state index contributed by atoms with van der Waals surface area (Å²) in [5.74, 6) is -1.28. The lowest BCUT2D eigenvalue weighted by Crippen LogP contribution is -2.45. The number of fused-ring (bicyclic) bond motifs is 1. The van der Waals surface area contributed by atoms with Crippen molar-refractivity contribution in [1.82, 2.24) is 10.2 Å².